The van der Waals surface area contributed by atoms with Crippen LogP contribution >= 0.6 is 15.9 Å². The summed E-state index contributed by atoms with van der Waals surface area (Å²) in [5.41, 5.74) is 1.40. The van der Waals surface area contributed by atoms with Crippen LogP contribution in [0.4, 0.5) is 5.69 Å². The first-order chi connectivity index (χ1) is 9.52. The van der Waals surface area contributed by atoms with E-state index in [1.807, 2.05) is 0 Å². The third-order valence-corrected chi connectivity index (χ3v) is 3.21. The lowest BCUT2D eigenvalue weighted by molar-refractivity contribution is 0.102. The highest BCUT2D eigenvalue weighted by Gasteiger charge is 2.15. The molecule has 20 heavy (non-hydrogen) atoms. The summed E-state index contributed by atoms with van der Waals surface area (Å²) in [6.07, 6.45) is 0. The fourth-order valence-corrected chi connectivity index (χ4v) is 2.12. The first-order valence-electron chi connectivity index (χ1n) is 5.83. The van der Waals surface area contributed by atoms with Gasteiger partial charge >= 0.3 is 0 Å². The van der Waals surface area contributed by atoms with Crippen LogP contribution in [0.3, 0.4) is 0 Å². The van der Waals surface area contributed by atoms with Gasteiger partial charge in [0.15, 0.2) is 11.5 Å². The van der Waals surface area contributed by atoms with E-state index in [4.69, 9.17) is 4.74 Å². The first kappa shape index (κ1) is 14.3. The fourth-order valence-electron chi connectivity index (χ4n) is 1.72. The molecule has 0 aliphatic heterocycles. The minimum absolute atomic E-state index is 0.145. The Morgan fingerprint density at radius 3 is 2.75 bits per heavy atom. The second-order valence-electron chi connectivity index (χ2n) is 4.08. The van der Waals surface area contributed by atoms with E-state index in [2.05, 4.69) is 26.2 Å². The Labute approximate surface area is 124 Å². The van der Waals surface area contributed by atoms with Crippen molar-refractivity contribution in [2.75, 3.05) is 12.4 Å². The Morgan fingerprint density at radius 2 is 2.10 bits per heavy atom. The lowest BCUT2D eigenvalue weighted by atomic mass is 10.1. The van der Waals surface area contributed by atoms with Crippen molar-refractivity contribution in [3.63, 3.8) is 0 Å². The Kier molecular flexibility index (Phi) is 4.24. The highest BCUT2D eigenvalue weighted by Crippen LogP contribution is 2.30. The van der Waals surface area contributed by atoms with Crippen LogP contribution in [0.2, 0.25) is 0 Å². The number of aromatic hydroxyl groups is 1. The molecule has 1 heterocycles. The van der Waals surface area contributed by atoms with Crippen molar-refractivity contribution in [2.45, 2.75) is 6.92 Å². The van der Waals surface area contributed by atoms with E-state index in [0.29, 0.717) is 16.0 Å². The van der Waals surface area contributed by atoms with Crippen LogP contribution in [0.25, 0.3) is 0 Å². The molecule has 5 nitrogen and oxygen atoms in total. The Balaban J connectivity index is 2.28. The number of amides is 1. The van der Waals surface area contributed by atoms with Gasteiger partial charge in [-0.3, -0.25) is 4.79 Å². The molecule has 0 saturated carbocycles. The molecule has 0 atom stereocenters. The largest absolute Gasteiger partial charge is 0.504 e. The zero-order valence-corrected chi connectivity index (χ0v) is 12.6. The van der Waals surface area contributed by atoms with E-state index in [0.717, 1.165) is 0 Å². The number of phenolic OH excluding ortho intramolecular Hbond substituents is 1. The molecule has 1 aromatic heterocycles. The van der Waals surface area contributed by atoms with Gasteiger partial charge in [-0.05, 0) is 47.1 Å². The van der Waals surface area contributed by atoms with E-state index in [-0.39, 0.29) is 17.1 Å². The fraction of sp³-hybridized carbons (Fsp3) is 0.143. The minimum Gasteiger partial charge on any atom is -0.504 e. The summed E-state index contributed by atoms with van der Waals surface area (Å²) in [4.78, 5) is 16.4. The van der Waals surface area contributed by atoms with Gasteiger partial charge < -0.3 is 15.2 Å². The number of pyridine rings is 1. The number of rotatable bonds is 3. The van der Waals surface area contributed by atoms with Gasteiger partial charge in [-0.15, -0.1) is 0 Å². The van der Waals surface area contributed by atoms with Gasteiger partial charge in [-0.25, -0.2) is 4.98 Å². The number of aromatic nitrogens is 1. The number of hydrogen-bond donors (Lipinski definition) is 2. The lowest BCUT2D eigenvalue weighted by Crippen LogP contribution is -2.13. The zero-order chi connectivity index (χ0) is 14.7. The molecule has 0 aliphatic rings. The molecule has 0 fully saturated rings. The second kappa shape index (κ2) is 5.92. The number of benzene rings is 1. The number of carbonyl (C=O) groups is 1. The molecule has 1 amide bonds. The molecule has 0 bridgehead atoms. The number of methoxy groups -OCH3 is 1. The Bertz CT molecular complexity index is 659. The molecule has 1 aromatic carbocycles. The van der Waals surface area contributed by atoms with Crippen LogP contribution < -0.4 is 10.1 Å². The Morgan fingerprint density at radius 1 is 1.35 bits per heavy atom. The highest BCUT2D eigenvalue weighted by molar-refractivity contribution is 9.10. The highest BCUT2D eigenvalue weighted by atomic mass is 79.9. The van der Waals surface area contributed by atoms with Crippen LogP contribution in [0.5, 0.6) is 11.5 Å². The second-order valence-corrected chi connectivity index (χ2v) is 4.89. The smallest absolute Gasteiger partial charge is 0.259 e. The maximum Gasteiger partial charge on any atom is 0.259 e. The quantitative estimate of drug-likeness (QED) is 0.844. The van der Waals surface area contributed by atoms with Crippen molar-refractivity contribution in [1.29, 1.82) is 0 Å². The van der Waals surface area contributed by atoms with Gasteiger partial charge in [0.1, 0.15) is 4.60 Å². The van der Waals surface area contributed by atoms with Crippen LogP contribution in [0, 0.1) is 6.92 Å². The molecule has 0 unspecified atom stereocenters. The number of halogens is 1. The van der Waals surface area contributed by atoms with Gasteiger partial charge in [-0.2, -0.15) is 0 Å². The third kappa shape index (κ3) is 2.91. The summed E-state index contributed by atoms with van der Waals surface area (Å²) >= 11 is 3.26. The number of ether oxygens (including phenoxy) is 1. The maximum atomic E-state index is 12.2. The number of phenols is 1. The average molecular weight is 337 g/mol. The number of para-hydroxylation sites is 1. The molecule has 104 valence electrons. The molecule has 0 spiro atoms. The minimum atomic E-state index is -0.423. The lowest BCUT2D eigenvalue weighted by Gasteiger charge is -2.10. The number of carbonyl (C=O) groups excluding carboxylic acids is 1. The van der Waals surface area contributed by atoms with E-state index >= 15 is 0 Å². The summed E-state index contributed by atoms with van der Waals surface area (Å²) in [6, 6.07) is 8.21. The van der Waals surface area contributed by atoms with Gasteiger partial charge in [-0.1, -0.05) is 6.07 Å². The summed E-state index contributed by atoms with van der Waals surface area (Å²) in [5.74, 6) is -0.354. The summed E-state index contributed by atoms with van der Waals surface area (Å²) in [5, 5.41) is 12.6. The van der Waals surface area contributed by atoms with Crippen molar-refractivity contribution in [2.24, 2.45) is 0 Å². The number of hydrogen-bond acceptors (Lipinski definition) is 4. The van der Waals surface area contributed by atoms with Gasteiger partial charge in [0.2, 0.25) is 0 Å². The predicted octanol–water partition coefficient (Wildman–Crippen LogP) is 3.12. The molecule has 0 aliphatic carbocycles. The molecular formula is C14H13BrN2O3. The van der Waals surface area contributed by atoms with Crippen LogP contribution in [0.1, 0.15) is 16.1 Å². The number of anilines is 1. The van der Waals surface area contributed by atoms with E-state index in [1.165, 1.54) is 13.2 Å². The van der Waals surface area contributed by atoms with E-state index < -0.39 is 5.91 Å². The summed E-state index contributed by atoms with van der Waals surface area (Å²) in [7, 11) is 1.43. The van der Waals surface area contributed by atoms with E-state index in [9.17, 15) is 9.90 Å². The SMILES string of the molecule is COc1cccc(C(=O)Nc2ccc(Br)nc2C)c1O. The van der Waals surface area contributed by atoms with Crippen LogP contribution in [-0.4, -0.2) is 23.1 Å². The third-order valence-electron chi connectivity index (χ3n) is 2.76. The topological polar surface area (TPSA) is 71.5 Å². The van der Waals surface area contributed by atoms with Gasteiger partial charge in [0.25, 0.3) is 5.91 Å². The van der Waals surface area contributed by atoms with Crippen LogP contribution in [0.15, 0.2) is 34.9 Å². The van der Waals surface area contributed by atoms with E-state index in [1.54, 1.807) is 31.2 Å². The van der Waals surface area contributed by atoms with Gasteiger partial charge in [0, 0.05) is 0 Å². The maximum absolute atomic E-state index is 12.2. The normalized spacial score (nSPS) is 10.2. The molecule has 2 N–H and O–H groups in total. The number of nitrogens with zero attached hydrogens (tertiary/aromatic N) is 1. The van der Waals surface area contributed by atoms with Crippen molar-refractivity contribution in [3.8, 4) is 11.5 Å². The molecule has 0 saturated heterocycles. The Hall–Kier alpha value is -2.08. The molecule has 6 heteroatoms. The van der Waals surface area contributed by atoms with Gasteiger partial charge in [0.05, 0.1) is 24.1 Å². The van der Waals surface area contributed by atoms with Crippen molar-refractivity contribution < 1.29 is 14.6 Å². The zero-order valence-electron chi connectivity index (χ0n) is 11.0. The van der Waals surface area contributed by atoms with Crippen molar-refractivity contribution in [1.82, 2.24) is 4.98 Å². The van der Waals surface area contributed by atoms with Crippen LogP contribution in [-0.2, 0) is 0 Å². The number of aryl methyl sites for hydroxylation is 1. The monoisotopic (exact) mass is 336 g/mol. The number of nitrogens with one attached hydrogen (secondary N) is 1. The standard InChI is InChI=1S/C14H13BrN2O3/c1-8-10(6-7-12(15)16-8)17-14(19)9-4-3-5-11(20-2)13(9)18/h3-7,18H,1-2H3,(H,17,19). The average Bonchev–Trinajstić information content (AvgIpc) is 2.42. The van der Waals surface area contributed by atoms with Crippen molar-refractivity contribution >= 4 is 27.5 Å². The van der Waals surface area contributed by atoms with Crippen molar-refractivity contribution in [3.05, 3.63) is 46.2 Å². The molecule has 2 aromatic rings. The summed E-state index contributed by atoms with van der Waals surface area (Å²) in [6.45, 7) is 1.78. The first-order valence-corrected chi connectivity index (χ1v) is 6.62. The molecule has 0 radical (unpaired) electrons. The predicted molar refractivity (Wildman–Crippen MR) is 79.3 cm³/mol. The molecule has 2 rings (SSSR count). The summed E-state index contributed by atoms with van der Waals surface area (Å²) < 4.78 is 5.67. The molecular weight excluding hydrogens is 324 g/mol.